The Hall–Kier alpha value is -3.34. The first-order valence-corrected chi connectivity index (χ1v) is 8.68. The highest BCUT2D eigenvalue weighted by Crippen LogP contribution is 2.35. The second-order valence-corrected chi connectivity index (χ2v) is 6.15. The van der Waals surface area contributed by atoms with Crippen LogP contribution < -0.4 is 4.74 Å². The highest BCUT2D eigenvalue weighted by molar-refractivity contribution is 6.07. The van der Waals surface area contributed by atoms with Gasteiger partial charge in [-0.2, -0.15) is 0 Å². The van der Waals surface area contributed by atoms with E-state index in [1.165, 1.54) is 0 Å². The van der Waals surface area contributed by atoms with E-state index in [1.807, 2.05) is 37.3 Å². The van der Waals surface area contributed by atoms with Gasteiger partial charge in [-0.3, -0.25) is 0 Å². The van der Waals surface area contributed by atoms with E-state index < -0.39 is 18.0 Å². The first kappa shape index (κ1) is 18.5. The normalized spacial score (nSPS) is 11.9. The molecular weight excluding hydrogens is 344 g/mol. The molecule has 1 N–H and O–H groups in total. The van der Waals surface area contributed by atoms with E-state index in [2.05, 4.69) is 6.58 Å². The number of hydrogen-bond acceptors (Lipinski definition) is 4. The number of aromatic carboxylic acids is 1. The molecule has 138 valence electrons. The summed E-state index contributed by atoms with van der Waals surface area (Å²) in [5, 5.41) is 12.8. The number of benzene rings is 3. The molecule has 3 aromatic rings. The molecule has 3 rings (SSSR count). The summed E-state index contributed by atoms with van der Waals surface area (Å²) in [5.41, 5.74) is 0.188. The van der Waals surface area contributed by atoms with Crippen molar-refractivity contribution in [3.8, 4) is 5.75 Å². The predicted octanol–water partition coefficient (Wildman–Crippen LogP) is 4.58. The van der Waals surface area contributed by atoms with Crippen LogP contribution in [0.4, 0.5) is 0 Å². The molecule has 0 fully saturated rings. The van der Waals surface area contributed by atoms with E-state index in [0.29, 0.717) is 17.6 Å². The van der Waals surface area contributed by atoms with Crippen molar-refractivity contribution in [3.05, 3.63) is 66.7 Å². The fourth-order valence-corrected chi connectivity index (χ4v) is 2.93. The van der Waals surface area contributed by atoms with Crippen LogP contribution in [-0.2, 0) is 9.53 Å². The van der Waals surface area contributed by atoms with E-state index in [9.17, 15) is 14.7 Å². The molecule has 0 aliphatic rings. The number of rotatable bonds is 7. The number of carbonyl (C=O) groups excluding carboxylic acids is 1. The maximum Gasteiger partial charge on any atom is 0.335 e. The lowest BCUT2D eigenvalue weighted by Crippen LogP contribution is -2.23. The third kappa shape index (κ3) is 3.92. The SMILES string of the molecule is C=CC(=O)OC(CC)COc1c2ccccc2cc2ccc(C(=O)O)cc12. The zero-order chi connectivity index (χ0) is 19.4. The van der Waals surface area contributed by atoms with Crippen LogP contribution in [0.3, 0.4) is 0 Å². The van der Waals surface area contributed by atoms with Crippen LogP contribution in [0.1, 0.15) is 23.7 Å². The van der Waals surface area contributed by atoms with Gasteiger partial charge in [-0.05, 0) is 35.4 Å². The molecule has 0 saturated carbocycles. The van der Waals surface area contributed by atoms with Crippen molar-refractivity contribution in [2.45, 2.75) is 19.4 Å². The second-order valence-electron chi connectivity index (χ2n) is 6.15. The van der Waals surface area contributed by atoms with Crippen molar-refractivity contribution in [1.29, 1.82) is 0 Å². The Labute approximate surface area is 156 Å². The van der Waals surface area contributed by atoms with E-state index in [4.69, 9.17) is 9.47 Å². The summed E-state index contributed by atoms with van der Waals surface area (Å²) in [7, 11) is 0. The minimum Gasteiger partial charge on any atom is -0.488 e. The fraction of sp³-hybridized carbons (Fsp3) is 0.182. The van der Waals surface area contributed by atoms with Crippen molar-refractivity contribution >= 4 is 33.5 Å². The van der Waals surface area contributed by atoms with Crippen LogP contribution in [0.2, 0.25) is 0 Å². The van der Waals surface area contributed by atoms with Gasteiger partial charge in [0.2, 0.25) is 0 Å². The van der Waals surface area contributed by atoms with Crippen LogP contribution in [-0.4, -0.2) is 29.8 Å². The van der Waals surface area contributed by atoms with Gasteiger partial charge in [0.25, 0.3) is 0 Å². The number of esters is 1. The maximum atomic E-state index is 11.5. The molecule has 0 aliphatic carbocycles. The van der Waals surface area contributed by atoms with Crippen molar-refractivity contribution in [2.24, 2.45) is 0 Å². The molecule has 0 amide bonds. The fourth-order valence-electron chi connectivity index (χ4n) is 2.93. The third-order valence-electron chi connectivity index (χ3n) is 4.38. The summed E-state index contributed by atoms with van der Waals surface area (Å²) >= 11 is 0. The molecule has 27 heavy (non-hydrogen) atoms. The van der Waals surface area contributed by atoms with Gasteiger partial charge in [0.15, 0.2) is 0 Å². The number of carboxylic acids is 1. The van der Waals surface area contributed by atoms with E-state index in [-0.39, 0.29) is 12.2 Å². The smallest absolute Gasteiger partial charge is 0.335 e. The average Bonchev–Trinajstić information content (AvgIpc) is 2.69. The number of carboxylic acid groups (broad SMARTS) is 1. The molecule has 3 aromatic carbocycles. The zero-order valence-electron chi connectivity index (χ0n) is 15.0. The first-order valence-electron chi connectivity index (χ1n) is 8.68. The molecule has 0 heterocycles. The van der Waals surface area contributed by atoms with Gasteiger partial charge in [0, 0.05) is 16.8 Å². The molecule has 0 saturated heterocycles. The highest BCUT2D eigenvalue weighted by atomic mass is 16.6. The van der Waals surface area contributed by atoms with Crippen LogP contribution >= 0.6 is 0 Å². The summed E-state index contributed by atoms with van der Waals surface area (Å²) in [4.78, 5) is 22.9. The van der Waals surface area contributed by atoms with Crippen LogP contribution in [0.5, 0.6) is 5.75 Å². The molecule has 1 atom stereocenters. The van der Waals surface area contributed by atoms with Crippen molar-refractivity contribution in [1.82, 2.24) is 0 Å². The van der Waals surface area contributed by atoms with Crippen LogP contribution in [0, 0.1) is 0 Å². The molecule has 5 nitrogen and oxygen atoms in total. The Morgan fingerprint density at radius 3 is 2.56 bits per heavy atom. The minimum atomic E-state index is -0.998. The van der Waals surface area contributed by atoms with Crippen LogP contribution in [0.15, 0.2) is 61.2 Å². The van der Waals surface area contributed by atoms with Gasteiger partial charge in [0.05, 0.1) is 5.56 Å². The van der Waals surface area contributed by atoms with Crippen molar-refractivity contribution in [2.75, 3.05) is 6.61 Å². The molecule has 0 aromatic heterocycles. The predicted molar refractivity (Wildman–Crippen MR) is 104 cm³/mol. The monoisotopic (exact) mass is 364 g/mol. The number of ether oxygens (including phenoxy) is 2. The van der Waals surface area contributed by atoms with Crippen molar-refractivity contribution < 1.29 is 24.2 Å². The molecule has 0 aliphatic heterocycles. The molecule has 0 bridgehead atoms. The Morgan fingerprint density at radius 2 is 1.85 bits per heavy atom. The van der Waals surface area contributed by atoms with E-state index in [0.717, 1.165) is 22.2 Å². The average molecular weight is 364 g/mol. The lowest BCUT2D eigenvalue weighted by molar-refractivity contribution is -0.144. The zero-order valence-corrected chi connectivity index (χ0v) is 15.0. The molecule has 0 spiro atoms. The minimum absolute atomic E-state index is 0.163. The Kier molecular flexibility index (Phi) is 5.41. The first-order chi connectivity index (χ1) is 13.0. The summed E-state index contributed by atoms with van der Waals surface area (Å²) in [6.45, 7) is 5.46. The third-order valence-corrected chi connectivity index (χ3v) is 4.38. The van der Waals surface area contributed by atoms with Gasteiger partial charge in [-0.25, -0.2) is 9.59 Å². The van der Waals surface area contributed by atoms with Gasteiger partial charge < -0.3 is 14.6 Å². The quantitative estimate of drug-likeness (QED) is 0.377. The number of carbonyl (C=O) groups is 2. The van der Waals surface area contributed by atoms with Crippen molar-refractivity contribution in [3.63, 3.8) is 0 Å². The molecule has 0 radical (unpaired) electrons. The second kappa shape index (κ2) is 7.91. The highest BCUT2D eigenvalue weighted by Gasteiger charge is 2.16. The Bertz CT molecular complexity index is 1020. The Balaban J connectivity index is 2.06. The lowest BCUT2D eigenvalue weighted by Gasteiger charge is -2.18. The van der Waals surface area contributed by atoms with E-state index in [1.54, 1.807) is 18.2 Å². The van der Waals surface area contributed by atoms with Gasteiger partial charge >= 0.3 is 11.9 Å². The summed E-state index contributed by atoms with van der Waals surface area (Å²) in [6.07, 6.45) is 1.28. The summed E-state index contributed by atoms with van der Waals surface area (Å²) in [5.74, 6) is -0.914. The lowest BCUT2D eigenvalue weighted by atomic mass is 10.00. The largest absolute Gasteiger partial charge is 0.488 e. The standard InChI is InChI=1S/C22H20O5/c1-3-17(27-20(23)4-2)13-26-21-18-8-6-5-7-14(18)11-15-9-10-16(22(24)25)12-19(15)21/h4-12,17H,2-3,13H2,1H3,(H,24,25). The molecule has 1 unspecified atom stereocenters. The summed E-state index contributed by atoms with van der Waals surface area (Å²) in [6, 6.07) is 14.7. The van der Waals surface area contributed by atoms with Crippen LogP contribution in [0.25, 0.3) is 21.5 Å². The van der Waals surface area contributed by atoms with Gasteiger partial charge in [0.1, 0.15) is 18.5 Å². The number of hydrogen-bond donors (Lipinski definition) is 1. The molecule has 5 heteroatoms. The van der Waals surface area contributed by atoms with E-state index >= 15 is 0 Å². The molecular formula is C22H20O5. The Morgan fingerprint density at radius 1 is 1.11 bits per heavy atom. The maximum absolute atomic E-state index is 11.5. The number of fused-ring (bicyclic) bond motifs is 2. The van der Waals surface area contributed by atoms with Gasteiger partial charge in [-0.15, -0.1) is 0 Å². The van der Waals surface area contributed by atoms with Gasteiger partial charge in [-0.1, -0.05) is 43.8 Å². The topological polar surface area (TPSA) is 72.8 Å². The summed E-state index contributed by atoms with van der Waals surface area (Å²) < 4.78 is 11.3.